The first-order valence-electron chi connectivity index (χ1n) is 5.00. The molecule has 4 nitrogen and oxygen atoms in total. The molecular formula is C11H17N3O. The smallest absolute Gasteiger partial charge is 0.151 e. The predicted molar refractivity (Wildman–Crippen MR) is 60.6 cm³/mol. The van der Waals surface area contributed by atoms with Crippen molar-refractivity contribution < 1.29 is 5.11 Å². The van der Waals surface area contributed by atoms with Crippen LogP contribution in [0.2, 0.25) is 0 Å². The summed E-state index contributed by atoms with van der Waals surface area (Å²) < 4.78 is 0. The van der Waals surface area contributed by atoms with Crippen molar-refractivity contribution in [3.05, 3.63) is 30.5 Å². The summed E-state index contributed by atoms with van der Waals surface area (Å²) in [5.74, 6) is 0.808. The van der Waals surface area contributed by atoms with E-state index in [0.717, 1.165) is 12.4 Å². The second-order valence-corrected chi connectivity index (χ2v) is 3.58. The van der Waals surface area contributed by atoms with Crippen LogP contribution in [0.15, 0.2) is 24.8 Å². The lowest BCUT2D eigenvalue weighted by Crippen LogP contribution is -2.31. The summed E-state index contributed by atoms with van der Waals surface area (Å²) in [5, 5.41) is 16.8. The highest BCUT2D eigenvalue weighted by molar-refractivity contribution is 5.39. The topological polar surface area (TPSA) is 49.2 Å². The monoisotopic (exact) mass is 207 g/mol. The van der Waals surface area contributed by atoms with Crippen LogP contribution in [-0.2, 0) is 6.61 Å². The molecular weight excluding hydrogens is 190 g/mol. The molecule has 0 aromatic carbocycles. The fraction of sp³-hybridized carbons (Fsp3) is 0.455. The Kier molecular flexibility index (Phi) is 4.24. The van der Waals surface area contributed by atoms with E-state index in [-0.39, 0.29) is 6.61 Å². The summed E-state index contributed by atoms with van der Waals surface area (Å²) in [4.78, 5) is 2.08. The zero-order valence-corrected chi connectivity index (χ0v) is 9.22. The molecule has 1 rings (SSSR count). The summed E-state index contributed by atoms with van der Waals surface area (Å²) in [6, 6.07) is 3.99. The Labute approximate surface area is 90.3 Å². The Morgan fingerprint density at radius 2 is 2.20 bits per heavy atom. The van der Waals surface area contributed by atoms with E-state index in [1.165, 1.54) is 0 Å². The minimum Gasteiger partial charge on any atom is -0.390 e. The number of anilines is 1. The van der Waals surface area contributed by atoms with Gasteiger partial charge in [0.25, 0.3) is 0 Å². The maximum absolute atomic E-state index is 8.85. The SMILES string of the molecule is C=CCN(c1ccc(CO)nn1)C(C)C. The van der Waals surface area contributed by atoms with Crippen LogP contribution in [0, 0.1) is 0 Å². The van der Waals surface area contributed by atoms with Crippen LogP contribution in [-0.4, -0.2) is 27.9 Å². The van der Waals surface area contributed by atoms with Crippen LogP contribution < -0.4 is 4.90 Å². The molecule has 1 N–H and O–H groups in total. The number of nitrogens with zero attached hydrogens (tertiary/aromatic N) is 3. The third-order valence-electron chi connectivity index (χ3n) is 2.11. The lowest BCUT2D eigenvalue weighted by atomic mass is 10.3. The quantitative estimate of drug-likeness (QED) is 0.741. The molecule has 0 bridgehead atoms. The lowest BCUT2D eigenvalue weighted by molar-refractivity contribution is 0.275. The third-order valence-corrected chi connectivity index (χ3v) is 2.11. The highest BCUT2D eigenvalue weighted by Crippen LogP contribution is 2.12. The first kappa shape index (κ1) is 11.7. The molecule has 4 heteroatoms. The molecule has 0 spiro atoms. The van der Waals surface area contributed by atoms with Gasteiger partial charge < -0.3 is 10.0 Å². The molecule has 0 aliphatic carbocycles. The van der Waals surface area contributed by atoms with Gasteiger partial charge in [0.05, 0.1) is 12.3 Å². The summed E-state index contributed by atoms with van der Waals surface area (Å²) in [7, 11) is 0. The molecule has 1 aromatic rings. The van der Waals surface area contributed by atoms with Crippen LogP contribution in [0.3, 0.4) is 0 Å². The van der Waals surface area contributed by atoms with Crippen molar-refractivity contribution in [1.82, 2.24) is 10.2 Å². The minimum absolute atomic E-state index is 0.0730. The Hall–Kier alpha value is -1.42. The van der Waals surface area contributed by atoms with Crippen LogP contribution >= 0.6 is 0 Å². The Morgan fingerprint density at radius 3 is 2.60 bits per heavy atom. The average Bonchev–Trinajstić information content (AvgIpc) is 2.26. The molecule has 0 amide bonds. The highest BCUT2D eigenvalue weighted by atomic mass is 16.3. The maximum Gasteiger partial charge on any atom is 0.151 e. The summed E-state index contributed by atoms with van der Waals surface area (Å²) in [6.07, 6.45) is 1.83. The second kappa shape index (κ2) is 5.46. The van der Waals surface area contributed by atoms with Gasteiger partial charge in [-0.15, -0.1) is 11.7 Å². The summed E-state index contributed by atoms with van der Waals surface area (Å²) in [6.45, 7) is 8.56. The fourth-order valence-corrected chi connectivity index (χ4v) is 1.30. The van der Waals surface area contributed by atoms with E-state index >= 15 is 0 Å². The Bertz CT molecular complexity index is 308. The van der Waals surface area contributed by atoms with Gasteiger partial charge in [0.15, 0.2) is 5.82 Å². The molecule has 0 unspecified atom stereocenters. The van der Waals surface area contributed by atoms with Crippen molar-refractivity contribution in [2.24, 2.45) is 0 Å². The molecule has 1 heterocycles. The number of hydrogen-bond donors (Lipinski definition) is 1. The van der Waals surface area contributed by atoms with Gasteiger partial charge in [0.1, 0.15) is 0 Å². The number of aliphatic hydroxyl groups excluding tert-OH is 1. The molecule has 15 heavy (non-hydrogen) atoms. The number of aliphatic hydroxyl groups is 1. The van der Waals surface area contributed by atoms with Crippen molar-refractivity contribution >= 4 is 5.82 Å². The number of hydrogen-bond acceptors (Lipinski definition) is 4. The van der Waals surface area contributed by atoms with Crippen molar-refractivity contribution in [1.29, 1.82) is 0 Å². The molecule has 1 aromatic heterocycles. The highest BCUT2D eigenvalue weighted by Gasteiger charge is 2.10. The summed E-state index contributed by atoms with van der Waals surface area (Å²) >= 11 is 0. The van der Waals surface area contributed by atoms with Gasteiger partial charge in [-0.05, 0) is 26.0 Å². The molecule has 0 radical (unpaired) electrons. The molecule has 82 valence electrons. The first-order chi connectivity index (χ1) is 7.19. The van der Waals surface area contributed by atoms with E-state index in [9.17, 15) is 0 Å². The van der Waals surface area contributed by atoms with Crippen molar-refractivity contribution in [3.8, 4) is 0 Å². The normalized spacial score (nSPS) is 10.4. The predicted octanol–water partition coefficient (Wildman–Crippen LogP) is 1.37. The van der Waals surface area contributed by atoms with Gasteiger partial charge in [0, 0.05) is 12.6 Å². The van der Waals surface area contributed by atoms with E-state index in [1.807, 2.05) is 12.1 Å². The summed E-state index contributed by atoms with van der Waals surface area (Å²) in [5.41, 5.74) is 0.584. The largest absolute Gasteiger partial charge is 0.390 e. The second-order valence-electron chi connectivity index (χ2n) is 3.58. The third kappa shape index (κ3) is 3.02. The molecule has 0 fully saturated rings. The van der Waals surface area contributed by atoms with Crippen LogP contribution in [0.5, 0.6) is 0 Å². The zero-order chi connectivity index (χ0) is 11.3. The minimum atomic E-state index is -0.0730. The van der Waals surface area contributed by atoms with Gasteiger partial charge in [-0.3, -0.25) is 0 Å². The van der Waals surface area contributed by atoms with Gasteiger partial charge in [-0.2, -0.15) is 5.10 Å². The molecule has 0 aliphatic heterocycles. The van der Waals surface area contributed by atoms with E-state index in [4.69, 9.17) is 5.11 Å². The van der Waals surface area contributed by atoms with E-state index < -0.39 is 0 Å². The van der Waals surface area contributed by atoms with Gasteiger partial charge in [-0.1, -0.05) is 6.08 Å². The first-order valence-corrected chi connectivity index (χ1v) is 5.00. The zero-order valence-electron chi connectivity index (χ0n) is 9.22. The number of rotatable bonds is 5. The van der Waals surface area contributed by atoms with E-state index in [2.05, 4.69) is 35.5 Å². The standard InChI is InChI=1S/C11H17N3O/c1-4-7-14(9(2)3)11-6-5-10(8-15)12-13-11/h4-6,9,15H,1,7-8H2,2-3H3. The Morgan fingerprint density at radius 1 is 1.47 bits per heavy atom. The van der Waals surface area contributed by atoms with Crippen molar-refractivity contribution in [2.45, 2.75) is 26.5 Å². The van der Waals surface area contributed by atoms with E-state index in [0.29, 0.717) is 11.7 Å². The van der Waals surface area contributed by atoms with Gasteiger partial charge >= 0.3 is 0 Å². The molecule has 0 aliphatic rings. The fourth-order valence-electron chi connectivity index (χ4n) is 1.30. The van der Waals surface area contributed by atoms with Crippen molar-refractivity contribution in [3.63, 3.8) is 0 Å². The number of aromatic nitrogens is 2. The molecule has 0 atom stereocenters. The molecule has 0 saturated heterocycles. The lowest BCUT2D eigenvalue weighted by Gasteiger charge is -2.25. The average molecular weight is 207 g/mol. The van der Waals surface area contributed by atoms with Gasteiger partial charge in [0.2, 0.25) is 0 Å². The molecule has 0 saturated carbocycles. The van der Waals surface area contributed by atoms with Crippen LogP contribution in [0.25, 0.3) is 0 Å². The van der Waals surface area contributed by atoms with Gasteiger partial charge in [-0.25, -0.2) is 0 Å². The van der Waals surface area contributed by atoms with Crippen LogP contribution in [0.1, 0.15) is 19.5 Å². The van der Waals surface area contributed by atoms with Crippen LogP contribution in [0.4, 0.5) is 5.82 Å². The Balaban J connectivity index is 2.86. The maximum atomic E-state index is 8.85. The van der Waals surface area contributed by atoms with E-state index in [1.54, 1.807) is 6.07 Å². The van der Waals surface area contributed by atoms with Crippen molar-refractivity contribution in [2.75, 3.05) is 11.4 Å².